The second-order valence-corrected chi connectivity index (χ2v) is 5.40. The van der Waals surface area contributed by atoms with Crippen molar-refractivity contribution in [3.05, 3.63) is 0 Å². The molecule has 2 N–H and O–H groups in total. The van der Waals surface area contributed by atoms with Gasteiger partial charge in [-0.3, -0.25) is 4.79 Å². The zero-order valence-corrected chi connectivity index (χ0v) is 8.50. The van der Waals surface area contributed by atoms with E-state index in [-0.39, 0.29) is 11.5 Å². The summed E-state index contributed by atoms with van der Waals surface area (Å²) in [6.45, 7) is 0. The predicted molar refractivity (Wildman–Crippen MR) is 49.9 cm³/mol. The van der Waals surface area contributed by atoms with Crippen molar-refractivity contribution in [2.75, 3.05) is 18.6 Å². The topological polar surface area (TPSA) is 86.5 Å². The van der Waals surface area contributed by atoms with E-state index in [0.717, 1.165) is 0 Å². The summed E-state index contributed by atoms with van der Waals surface area (Å²) in [5, 5.41) is 0. The molecular formula is C8H11NO4S. The maximum atomic E-state index is 11.1. The van der Waals surface area contributed by atoms with Crippen molar-refractivity contribution in [3.8, 4) is 12.3 Å². The van der Waals surface area contributed by atoms with Gasteiger partial charge in [0.15, 0.2) is 9.84 Å². The van der Waals surface area contributed by atoms with Crippen molar-refractivity contribution in [1.82, 2.24) is 0 Å². The summed E-state index contributed by atoms with van der Waals surface area (Å²) in [4.78, 5) is 11.1. The minimum Gasteiger partial charge on any atom is -0.468 e. The fraction of sp³-hybridized carbons (Fsp3) is 0.625. The van der Waals surface area contributed by atoms with Crippen LogP contribution in [0, 0.1) is 17.8 Å². The van der Waals surface area contributed by atoms with Crippen molar-refractivity contribution in [2.24, 2.45) is 11.1 Å². The van der Waals surface area contributed by atoms with Crippen molar-refractivity contribution in [3.63, 3.8) is 0 Å². The van der Waals surface area contributed by atoms with Crippen LogP contribution in [0.2, 0.25) is 0 Å². The fourth-order valence-corrected chi connectivity index (χ4v) is 3.46. The molecule has 0 aliphatic carbocycles. The number of sulfone groups is 1. The number of rotatable bonds is 2. The van der Waals surface area contributed by atoms with Gasteiger partial charge in [-0.15, -0.1) is 6.42 Å². The van der Waals surface area contributed by atoms with Gasteiger partial charge in [-0.1, -0.05) is 5.92 Å². The average molecular weight is 217 g/mol. The first kappa shape index (κ1) is 11.0. The highest BCUT2D eigenvalue weighted by atomic mass is 32.2. The average Bonchev–Trinajstić information content (AvgIpc) is 2.10. The molecule has 0 bridgehead atoms. The number of esters is 1. The lowest BCUT2D eigenvalue weighted by atomic mass is 9.84. The predicted octanol–water partition coefficient (Wildman–Crippen LogP) is -1.47. The van der Waals surface area contributed by atoms with E-state index in [1.54, 1.807) is 0 Å². The molecule has 0 unspecified atom stereocenters. The number of carbonyl (C=O) groups is 1. The van der Waals surface area contributed by atoms with Crippen LogP contribution in [-0.4, -0.2) is 39.0 Å². The molecule has 0 aromatic rings. The monoisotopic (exact) mass is 217 g/mol. The molecule has 1 aliphatic rings. The maximum absolute atomic E-state index is 11.1. The number of methoxy groups -OCH3 is 1. The van der Waals surface area contributed by atoms with E-state index >= 15 is 0 Å². The summed E-state index contributed by atoms with van der Waals surface area (Å²) in [5.41, 5.74) is 4.44. The Morgan fingerprint density at radius 2 is 2.14 bits per heavy atom. The molecule has 0 radical (unpaired) electrons. The van der Waals surface area contributed by atoms with Gasteiger partial charge in [0.2, 0.25) is 0 Å². The highest BCUT2D eigenvalue weighted by molar-refractivity contribution is 7.92. The smallest absolute Gasteiger partial charge is 0.324 e. The van der Waals surface area contributed by atoms with E-state index < -0.39 is 27.3 Å². The Hall–Kier alpha value is -1.06. The largest absolute Gasteiger partial charge is 0.468 e. The number of hydrogen-bond donors (Lipinski definition) is 1. The summed E-state index contributed by atoms with van der Waals surface area (Å²) in [6.07, 6.45) is 5.18. The van der Waals surface area contributed by atoms with Crippen molar-refractivity contribution < 1.29 is 17.9 Å². The van der Waals surface area contributed by atoms with Gasteiger partial charge >= 0.3 is 5.97 Å². The molecule has 6 heteroatoms. The minimum atomic E-state index is -3.12. The van der Waals surface area contributed by atoms with Crippen LogP contribution in [0.3, 0.4) is 0 Å². The summed E-state index contributed by atoms with van der Waals surface area (Å²) in [6, 6.07) is -1.07. The molecule has 1 fully saturated rings. The maximum Gasteiger partial charge on any atom is 0.324 e. The van der Waals surface area contributed by atoms with Crippen LogP contribution >= 0.6 is 0 Å². The zero-order valence-electron chi connectivity index (χ0n) is 7.69. The van der Waals surface area contributed by atoms with Crippen molar-refractivity contribution in [1.29, 1.82) is 0 Å². The molecule has 0 aromatic heterocycles. The molecule has 0 saturated carbocycles. The molecule has 0 spiro atoms. The first-order chi connectivity index (χ1) is 6.37. The van der Waals surface area contributed by atoms with Gasteiger partial charge in [-0.05, 0) is 0 Å². The molecule has 78 valence electrons. The van der Waals surface area contributed by atoms with Crippen LogP contribution < -0.4 is 5.73 Å². The standard InChI is InChI=1S/C8H11NO4S/c1-3-8(4-14(11,12)5-8)6(9)7(10)13-2/h1,6H,4-5,9H2,2H3/t6-/m1/s1. The molecule has 0 amide bonds. The van der Waals surface area contributed by atoms with E-state index in [1.165, 1.54) is 7.11 Å². The van der Waals surface area contributed by atoms with Crippen LogP contribution in [-0.2, 0) is 19.4 Å². The SMILES string of the molecule is C#CC1([C@H](N)C(=O)OC)CS(=O)(=O)C1. The van der Waals surface area contributed by atoms with Gasteiger partial charge in [-0.25, -0.2) is 8.42 Å². The minimum absolute atomic E-state index is 0.243. The number of ether oxygens (including phenoxy) is 1. The van der Waals surface area contributed by atoms with Crippen molar-refractivity contribution in [2.45, 2.75) is 6.04 Å². The zero-order chi connectivity index (χ0) is 11.0. The first-order valence-electron chi connectivity index (χ1n) is 3.88. The van der Waals surface area contributed by atoms with Crippen LogP contribution in [0.1, 0.15) is 0 Å². The number of terminal acetylenes is 1. The Morgan fingerprint density at radius 3 is 2.43 bits per heavy atom. The fourth-order valence-electron chi connectivity index (χ4n) is 1.45. The van der Waals surface area contributed by atoms with Crippen LogP contribution in [0.4, 0.5) is 0 Å². The van der Waals surface area contributed by atoms with Crippen LogP contribution in [0.25, 0.3) is 0 Å². The van der Waals surface area contributed by atoms with Gasteiger partial charge in [0.25, 0.3) is 0 Å². The van der Waals surface area contributed by atoms with Gasteiger partial charge in [0, 0.05) is 0 Å². The molecule has 1 rings (SSSR count). The summed E-state index contributed by atoms with van der Waals surface area (Å²) in [7, 11) is -1.94. The molecule has 1 aliphatic heterocycles. The number of carbonyl (C=O) groups excluding carboxylic acids is 1. The highest BCUT2D eigenvalue weighted by Crippen LogP contribution is 2.35. The number of hydrogen-bond acceptors (Lipinski definition) is 5. The van der Waals surface area contributed by atoms with E-state index in [2.05, 4.69) is 10.7 Å². The second kappa shape index (κ2) is 3.26. The molecule has 1 atom stereocenters. The molecule has 0 aromatic carbocycles. The van der Waals surface area contributed by atoms with E-state index in [4.69, 9.17) is 12.2 Å². The molecule has 1 saturated heterocycles. The van der Waals surface area contributed by atoms with Gasteiger partial charge in [-0.2, -0.15) is 0 Å². The normalized spacial score (nSPS) is 24.1. The van der Waals surface area contributed by atoms with Crippen molar-refractivity contribution >= 4 is 15.8 Å². The summed E-state index contributed by atoms with van der Waals surface area (Å²) < 4.78 is 26.4. The molecule has 5 nitrogen and oxygen atoms in total. The Labute approximate surface area is 82.5 Å². The van der Waals surface area contributed by atoms with E-state index in [9.17, 15) is 13.2 Å². The molecule has 1 heterocycles. The second-order valence-electron chi connectivity index (χ2n) is 3.33. The Balaban J connectivity index is 2.86. The number of nitrogens with two attached hydrogens (primary N) is 1. The summed E-state index contributed by atoms with van der Waals surface area (Å²) in [5.74, 6) is 1.11. The van der Waals surface area contributed by atoms with E-state index in [1.807, 2.05) is 0 Å². The summed E-state index contributed by atoms with van der Waals surface area (Å²) >= 11 is 0. The van der Waals surface area contributed by atoms with Gasteiger partial charge in [0.1, 0.15) is 6.04 Å². The highest BCUT2D eigenvalue weighted by Gasteiger charge is 2.54. The lowest BCUT2D eigenvalue weighted by molar-refractivity contribution is -0.144. The lowest BCUT2D eigenvalue weighted by Crippen LogP contribution is -2.61. The van der Waals surface area contributed by atoms with E-state index in [0.29, 0.717) is 0 Å². The molecule has 14 heavy (non-hydrogen) atoms. The third-order valence-corrected chi connectivity index (χ3v) is 4.20. The lowest BCUT2D eigenvalue weighted by Gasteiger charge is -2.39. The van der Waals surface area contributed by atoms with Gasteiger partial charge < -0.3 is 10.5 Å². The quantitative estimate of drug-likeness (QED) is 0.451. The third-order valence-electron chi connectivity index (χ3n) is 2.29. The Bertz CT molecular complexity index is 380. The van der Waals surface area contributed by atoms with Gasteiger partial charge in [0.05, 0.1) is 24.0 Å². The van der Waals surface area contributed by atoms with Crippen LogP contribution in [0.15, 0.2) is 0 Å². The Morgan fingerprint density at radius 1 is 1.64 bits per heavy atom. The Kier molecular flexibility index (Phi) is 2.56. The van der Waals surface area contributed by atoms with Crippen LogP contribution in [0.5, 0.6) is 0 Å². The first-order valence-corrected chi connectivity index (χ1v) is 5.71. The molecular weight excluding hydrogens is 206 g/mol. The third kappa shape index (κ3) is 1.61.